The number of hydrogen-bond donors (Lipinski definition) is 1. The van der Waals surface area contributed by atoms with Gasteiger partial charge in [-0.05, 0) is 42.0 Å². The van der Waals surface area contributed by atoms with Gasteiger partial charge in [0.1, 0.15) is 10.8 Å². The number of rotatable bonds is 3. The van der Waals surface area contributed by atoms with Crippen LogP contribution in [0.15, 0.2) is 53.4 Å². The summed E-state index contributed by atoms with van der Waals surface area (Å²) in [5, 5.41) is 9.36. The lowest BCUT2D eigenvalue weighted by Crippen LogP contribution is -2.29. The maximum absolute atomic E-state index is 12.8. The van der Waals surface area contributed by atoms with Gasteiger partial charge in [0.25, 0.3) is 0 Å². The van der Waals surface area contributed by atoms with Gasteiger partial charge in [0.15, 0.2) is 9.84 Å². The molecule has 3 rings (SSSR count). The highest BCUT2D eigenvalue weighted by Gasteiger charge is 2.70. The van der Waals surface area contributed by atoms with Gasteiger partial charge in [-0.3, -0.25) is 0 Å². The molecule has 7 heteroatoms. The van der Waals surface area contributed by atoms with Crippen LogP contribution in [0.5, 0.6) is 0 Å². The number of nitrogens with two attached hydrogens (primary N) is 1. The zero-order valence-corrected chi connectivity index (χ0v) is 14.1. The number of hydrogen-bond acceptors (Lipinski definition) is 4. The van der Waals surface area contributed by atoms with Crippen LogP contribution in [0.4, 0.5) is 0 Å². The van der Waals surface area contributed by atoms with Gasteiger partial charge in [0.05, 0.1) is 11.0 Å². The number of benzene rings is 2. The summed E-state index contributed by atoms with van der Waals surface area (Å²) >= 11 is 11.6. The van der Waals surface area contributed by atoms with E-state index in [9.17, 15) is 13.7 Å². The molecule has 3 atom stereocenters. The molecule has 1 fully saturated rings. The monoisotopic (exact) mass is 366 g/mol. The highest BCUT2D eigenvalue weighted by Crippen LogP contribution is 2.55. The SMILES string of the molecule is N#C[C@@]1(N)[C@H](S(=O)(=O)c2ccc(Cl)cc2)[C@@H]1c1ccc(Cl)cc1. The number of halogens is 2. The molecule has 0 spiro atoms. The molecule has 0 amide bonds. The Balaban J connectivity index is 2.03. The number of sulfone groups is 1. The Morgan fingerprint density at radius 1 is 1.00 bits per heavy atom. The van der Waals surface area contributed by atoms with E-state index in [4.69, 9.17) is 28.9 Å². The van der Waals surface area contributed by atoms with Crippen LogP contribution >= 0.6 is 23.2 Å². The molecule has 23 heavy (non-hydrogen) atoms. The Morgan fingerprint density at radius 3 is 1.96 bits per heavy atom. The number of nitrogens with zero attached hydrogens (tertiary/aromatic N) is 1. The minimum absolute atomic E-state index is 0.105. The van der Waals surface area contributed by atoms with Crippen LogP contribution in [0.1, 0.15) is 11.5 Å². The predicted molar refractivity (Wildman–Crippen MR) is 89.2 cm³/mol. The van der Waals surface area contributed by atoms with E-state index in [1.165, 1.54) is 24.3 Å². The first-order valence-corrected chi connectivity index (χ1v) is 9.06. The van der Waals surface area contributed by atoms with E-state index in [-0.39, 0.29) is 4.90 Å². The minimum Gasteiger partial charge on any atom is -0.312 e. The summed E-state index contributed by atoms with van der Waals surface area (Å²) in [4.78, 5) is 0.105. The highest BCUT2D eigenvalue weighted by molar-refractivity contribution is 7.92. The van der Waals surface area contributed by atoms with E-state index in [2.05, 4.69) is 0 Å². The van der Waals surface area contributed by atoms with Crippen molar-refractivity contribution in [3.63, 3.8) is 0 Å². The van der Waals surface area contributed by atoms with Crippen LogP contribution in [0, 0.1) is 11.3 Å². The third kappa shape index (κ3) is 2.62. The summed E-state index contributed by atoms with van der Waals surface area (Å²) in [6.07, 6.45) is 0. The van der Waals surface area contributed by atoms with E-state index in [1.807, 2.05) is 6.07 Å². The van der Waals surface area contributed by atoms with Crippen LogP contribution in [-0.4, -0.2) is 19.2 Å². The molecule has 2 N–H and O–H groups in total. The standard InChI is InChI=1S/C16H12Cl2N2O2S/c17-11-3-1-10(2-4-11)14-15(16(14,20)9-19)23(21,22)13-7-5-12(18)6-8-13/h1-8,14-15H,20H2/t14-,15+,16-/m0/s1. The summed E-state index contributed by atoms with van der Waals surface area (Å²) in [5.74, 6) is -0.592. The van der Waals surface area contributed by atoms with Crippen LogP contribution in [0.2, 0.25) is 10.0 Å². The summed E-state index contributed by atoms with van der Waals surface area (Å²) < 4.78 is 25.7. The molecule has 1 aliphatic rings. The molecule has 0 radical (unpaired) electrons. The van der Waals surface area contributed by atoms with Crippen LogP contribution < -0.4 is 5.73 Å². The highest BCUT2D eigenvalue weighted by atomic mass is 35.5. The van der Waals surface area contributed by atoms with Crippen molar-refractivity contribution in [1.82, 2.24) is 0 Å². The van der Waals surface area contributed by atoms with Crippen LogP contribution in [0.3, 0.4) is 0 Å². The van der Waals surface area contributed by atoms with E-state index in [0.717, 1.165) is 0 Å². The fourth-order valence-corrected chi connectivity index (χ4v) is 5.27. The lowest BCUT2D eigenvalue weighted by molar-refractivity contribution is 0.592. The second kappa shape index (κ2) is 5.50. The third-order valence-electron chi connectivity index (χ3n) is 4.08. The topological polar surface area (TPSA) is 83.9 Å². The van der Waals surface area contributed by atoms with Crippen molar-refractivity contribution in [2.75, 3.05) is 0 Å². The molecule has 0 unspecified atom stereocenters. The smallest absolute Gasteiger partial charge is 0.184 e. The second-order valence-electron chi connectivity index (χ2n) is 5.49. The molecule has 0 bridgehead atoms. The van der Waals surface area contributed by atoms with Crippen LogP contribution in [0.25, 0.3) is 0 Å². The first-order valence-electron chi connectivity index (χ1n) is 6.76. The Labute approximate surface area is 144 Å². The Bertz CT molecular complexity index is 889. The molecular weight excluding hydrogens is 355 g/mol. The molecule has 0 saturated heterocycles. The van der Waals surface area contributed by atoms with Crippen molar-refractivity contribution in [2.24, 2.45) is 5.73 Å². The molecule has 4 nitrogen and oxygen atoms in total. The van der Waals surface area contributed by atoms with Gasteiger partial charge in [-0.25, -0.2) is 8.42 Å². The quantitative estimate of drug-likeness (QED) is 0.903. The third-order valence-corrected chi connectivity index (χ3v) is 6.84. The summed E-state index contributed by atoms with van der Waals surface area (Å²) in [6.45, 7) is 0. The van der Waals surface area contributed by atoms with Crippen molar-refractivity contribution in [3.05, 3.63) is 64.1 Å². The van der Waals surface area contributed by atoms with Crippen LogP contribution in [-0.2, 0) is 9.84 Å². The predicted octanol–water partition coefficient (Wildman–Crippen LogP) is 3.15. The second-order valence-corrected chi connectivity index (χ2v) is 8.44. The molecule has 0 aliphatic heterocycles. The van der Waals surface area contributed by atoms with Gasteiger partial charge >= 0.3 is 0 Å². The minimum atomic E-state index is -3.75. The largest absolute Gasteiger partial charge is 0.312 e. The van der Waals surface area contributed by atoms with Gasteiger partial charge in [-0.2, -0.15) is 5.26 Å². The van der Waals surface area contributed by atoms with Gasteiger partial charge in [0, 0.05) is 16.0 Å². The van der Waals surface area contributed by atoms with Gasteiger partial charge < -0.3 is 5.73 Å². The molecule has 2 aromatic carbocycles. The normalized spacial score (nSPS) is 26.5. The molecule has 2 aromatic rings. The molecule has 0 heterocycles. The first-order chi connectivity index (χ1) is 10.8. The Morgan fingerprint density at radius 2 is 1.48 bits per heavy atom. The Hall–Kier alpha value is -1.58. The van der Waals surface area contributed by atoms with Gasteiger partial charge in [0.2, 0.25) is 0 Å². The van der Waals surface area contributed by atoms with Gasteiger partial charge in [-0.1, -0.05) is 35.3 Å². The zero-order valence-electron chi connectivity index (χ0n) is 11.8. The van der Waals surface area contributed by atoms with Crippen molar-refractivity contribution < 1.29 is 8.42 Å². The maximum atomic E-state index is 12.8. The van der Waals surface area contributed by atoms with Gasteiger partial charge in [-0.15, -0.1) is 0 Å². The van der Waals surface area contributed by atoms with E-state index < -0.39 is 26.5 Å². The van der Waals surface area contributed by atoms with E-state index >= 15 is 0 Å². The Kier molecular flexibility index (Phi) is 3.89. The molecule has 118 valence electrons. The fourth-order valence-electron chi connectivity index (χ4n) is 2.83. The molecule has 0 aromatic heterocycles. The average Bonchev–Trinajstić information content (AvgIpc) is 3.16. The van der Waals surface area contributed by atoms with Crippen molar-refractivity contribution in [2.45, 2.75) is 21.6 Å². The lowest BCUT2D eigenvalue weighted by atomic mass is 10.1. The molecule has 1 saturated carbocycles. The summed E-state index contributed by atoms with van der Waals surface area (Å²) in [6, 6.07) is 14.5. The zero-order chi connectivity index (χ0) is 16.8. The van der Waals surface area contributed by atoms with E-state index in [0.29, 0.717) is 15.6 Å². The van der Waals surface area contributed by atoms with Crippen molar-refractivity contribution >= 4 is 33.0 Å². The van der Waals surface area contributed by atoms with E-state index in [1.54, 1.807) is 24.3 Å². The number of nitriles is 1. The molecular formula is C16H12Cl2N2O2S. The summed E-state index contributed by atoms with van der Waals surface area (Å²) in [7, 11) is -3.75. The van der Waals surface area contributed by atoms with Crippen molar-refractivity contribution in [3.8, 4) is 6.07 Å². The first kappa shape index (κ1) is 16.3. The maximum Gasteiger partial charge on any atom is 0.184 e. The van der Waals surface area contributed by atoms with Crippen molar-refractivity contribution in [1.29, 1.82) is 5.26 Å². The lowest BCUT2D eigenvalue weighted by Gasteiger charge is -2.04. The average molecular weight is 367 g/mol. The molecule has 1 aliphatic carbocycles. The summed E-state index contributed by atoms with van der Waals surface area (Å²) in [5.41, 5.74) is 5.29. The fraction of sp³-hybridized carbons (Fsp3) is 0.188.